The van der Waals surface area contributed by atoms with Crippen molar-refractivity contribution in [3.8, 4) is 11.5 Å². The Bertz CT molecular complexity index is 592. The molecule has 25 heavy (non-hydrogen) atoms. The van der Waals surface area contributed by atoms with Crippen LogP contribution in [0.25, 0.3) is 0 Å². The predicted molar refractivity (Wildman–Crippen MR) is 59.4 cm³/mol. The molecule has 0 atom stereocenters. The fourth-order valence-electron chi connectivity index (χ4n) is 1.41. The van der Waals surface area contributed by atoms with Gasteiger partial charge in [0.25, 0.3) is 0 Å². The first kappa shape index (κ1) is 21.1. The summed E-state index contributed by atoms with van der Waals surface area (Å²) in [5.41, 5.74) is 0. The topological polar surface area (TPSA) is 29.5 Å². The number of ether oxygens (including phenoxy) is 1. The van der Waals surface area contributed by atoms with Gasteiger partial charge in [-0.1, -0.05) is 0 Å². The van der Waals surface area contributed by atoms with E-state index in [-0.39, 0.29) is 0 Å². The minimum Gasteiger partial charge on any atom is -0.508 e. The molecule has 1 N–H and O–H groups in total. The van der Waals surface area contributed by atoms with Crippen LogP contribution in [0.1, 0.15) is 0 Å². The minimum atomic E-state index is -7.46. The maximum absolute atomic E-state index is 13.3. The largest absolute Gasteiger partial charge is 0.508 e. The summed E-state index contributed by atoms with van der Waals surface area (Å²) in [6.07, 6.45) is -7.20. The Balaban J connectivity index is 3.09. The maximum Gasteiger partial charge on any atom is 0.460 e. The lowest BCUT2D eigenvalue weighted by Crippen LogP contribution is -2.67. The summed E-state index contributed by atoms with van der Waals surface area (Å²) in [5, 5.41) is 8.87. The Morgan fingerprint density at radius 3 is 1.52 bits per heavy atom. The Morgan fingerprint density at radius 1 is 0.680 bits per heavy atom. The van der Waals surface area contributed by atoms with E-state index < -0.39 is 48.0 Å². The lowest BCUT2D eigenvalue weighted by atomic mass is 9.98. The zero-order valence-electron chi connectivity index (χ0n) is 11.5. The molecule has 2 nitrogen and oxygen atoms in total. The van der Waals surface area contributed by atoms with Crippen LogP contribution >= 0.6 is 0 Å². The second-order valence-corrected chi connectivity index (χ2v) is 4.71. The smallest absolute Gasteiger partial charge is 0.460 e. The average molecular weight is 392 g/mol. The third kappa shape index (κ3) is 3.54. The molecule has 0 amide bonds. The lowest BCUT2D eigenvalue weighted by molar-refractivity contribution is -0.423. The molecular formula is C12H7F11O2. The number of hydrogen-bond donors (Lipinski definition) is 1. The summed E-state index contributed by atoms with van der Waals surface area (Å²) in [4.78, 5) is 0. The molecule has 0 saturated heterocycles. The summed E-state index contributed by atoms with van der Waals surface area (Å²) in [5.74, 6) is -29.2. The molecule has 0 fully saturated rings. The molecule has 0 spiro atoms. The van der Waals surface area contributed by atoms with E-state index in [0.717, 1.165) is 24.3 Å². The second-order valence-electron chi connectivity index (χ2n) is 4.71. The monoisotopic (exact) mass is 392 g/mol. The van der Waals surface area contributed by atoms with Crippen LogP contribution in [0, 0.1) is 0 Å². The van der Waals surface area contributed by atoms with Gasteiger partial charge < -0.3 is 9.84 Å². The summed E-state index contributed by atoms with van der Waals surface area (Å²) in [6.45, 7) is -2.63. The number of phenolic OH excluding ortho intramolecular Hbond substituents is 1. The molecule has 144 valence electrons. The van der Waals surface area contributed by atoms with Crippen molar-refractivity contribution >= 4 is 0 Å². The van der Waals surface area contributed by atoms with E-state index in [4.69, 9.17) is 5.11 Å². The third-order valence-electron chi connectivity index (χ3n) is 2.86. The quantitative estimate of drug-likeness (QED) is 0.700. The van der Waals surface area contributed by atoms with Crippen molar-refractivity contribution < 1.29 is 58.1 Å². The van der Waals surface area contributed by atoms with Gasteiger partial charge in [-0.3, -0.25) is 0 Å². The van der Waals surface area contributed by atoms with Crippen LogP contribution in [0.3, 0.4) is 0 Å². The number of benzene rings is 1. The zero-order valence-corrected chi connectivity index (χ0v) is 11.5. The Labute approximate surface area is 131 Å². The molecule has 0 aromatic heterocycles. The third-order valence-corrected chi connectivity index (χ3v) is 2.86. The van der Waals surface area contributed by atoms with Crippen LogP contribution in [-0.2, 0) is 0 Å². The van der Waals surface area contributed by atoms with E-state index in [1.165, 1.54) is 0 Å². The van der Waals surface area contributed by atoms with Crippen LogP contribution in [0.4, 0.5) is 48.3 Å². The molecule has 0 unspecified atom stereocenters. The highest BCUT2D eigenvalue weighted by molar-refractivity contribution is 5.30. The van der Waals surface area contributed by atoms with E-state index in [0.29, 0.717) is 0 Å². The van der Waals surface area contributed by atoms with Gasteiger partial charge in [0.1, 0.15) is 11.5 Å². The van der Waals surface area contributed by atoms with Crippen LogP contribution in [0.5, 0.6) is 11.5 Å². The Morgan fingerprint density at radius 2 is 1.12 bits per heavy atom. The van der Waals surface area contributed by atoms with Gasteiger partial charge in [-0.25, -0.2) is 0 Å². The number of hydrogen-bond acceptors (Lipinski definition) is 2. The Kier molecular flexibility index (Phi) is 5.14. The van der Waals surface area contributed by atoms with Crippen molar-refractivity contribution in [2.75, 3.05) is 6.61 Å². The van der Waals surface area contributed by atoms with E-state index in [1.54, 1.807) is 0 Å². The zero-order chi connectivity index (χ0) is 19.9. The van der Waals surface area contributed by atoms with Crippen molar-refractivity contribution in [2.24, 2.45) is 0 Å². The van der Waals surface area contributed by atoms with Crippen LogP contribution < -0.4 is 4.74 Å². The van der Waals surface area contributed by atoms with Crippen molar-refractivity contribution in [3.05, 3.63) is 24.3 Å². The van der Waals surface area contributed by atoms with Gasteiger partial charge in [0.15, 0.2) is 6.61 Å². The fourth-order valence-corrected chi connectivity index (χ4v) is 1.41. The first-order valence-electron chi connectivity index (χ1n) is 5.97. The van der Waals surface area contributed by atoms with Crippen molar-refractivity contribution in [1.82, 2.24) is 0 Å². The van der Waals surface area contributed by atoms with Gasteiger partial charge in [0, 0.05) is 0 Å². The van der Waals surface area contributed by atoms with E-state index in [9.17, 15) is 48.3 Å². The minimum absolute atomic E-state index is 0.416. The molecule has 1 rings (SSSR count). The van der Waals surface area contributed by atoms with Crippen LogP contribution in [0.2, 0.25) is 0 Å². The van der Waals surface area contributed by atoms with Gasteiger partial charge in [-0.05, 0) is 24.3 Å². The molecule has 0 bridgehead atoms. The summed E-state index contributed by atoms with van der Waals surface area (Å²) < 4.78 is 144. The highest BCUT2D eigenvalue weighted by Gasteiger charge is 2.87. The van der Waals surface area contributed by atoms with Gasteiger partial charge in [0.05, 0.1) is 0 Å². The molecule has 1 aromatic carbocycles. The molecular weight excluding hydrogens is 385 g/mol. The first-order chi connectivity index (χ1) is 11.0. The lowest BCUT2D eigenvalue weighted by Gasteiger charge is -2.37. The molecule has 0 aliphatic rings. The second kappa shape index (κ2) is 6.09. The standard InChI is InChI=1S/C12H7F11O2/c13-8(14,5-25-7-3-1-6(24)2-4-7)9(15,16)10(17,18)11(19,20)12(21,22)23/h1-4,24H,5H2. The number of aromatic hydroxyl groups is 1. The fraction of sp³-hybridized carbons (Fsp3) is 0.500. The predicted octanol–water partition coefficient (Wildman–Crippen LogP) is 4.87. The van der Waals surface area contributed by atoms with E-state index in [2.05, 4.69) is 4.74 Å². The number of halogens is 11. The average Bonchev–Trinajstić information content (AvgIpc) is 2.45. The molecule has 0 radical (unpaired) electrons. The number of phenols is 1. The van der Waals surface area contributed by atoms with Gasteiger partial charge in [0.2, 0.25) is 0 Å². The molecule has 0 heterocycles. The van der Waals surface area contributed by atoms with Crippen LogP contribution in [-0.4, -0.2) is 41.6 Å². The van der Waals surface area contributed by atoms with Crippen molar-refractivity contribution in [1.29, 1.82) is 0 Å². The summed E-state index contributed by atoms with van der Waals surface area (Å²) in [6, 6.07) is 3.09. The molecule has 13 heteroatoms. The van der Waals surface area contributed by atoms with E-state index >= 15 is 0 Å². The highest BCUT2D eigenvalue weighted by Crippen LogP contribution is 2.57. The van der Waals surface area contributed by atoms with Crippen molar-refractivity contribution in [3.63, 3.8) is 0 Å². The number of rotatable bonds is 6. The Hall–Kier alpha value is -1.95. The first-order valence-corrected chi connectivity index (χ1v) is 5.97. The van der Waals surface area contributed by atoms with Crippen molar-refractivity contribution in [2.45, 2.75) is 29.9 Å². The van der Waals surface area contributed by atoms with E-state index in [1.807, 2.05) is 0 Å². The van der Waals surface area contributed by atoms with Gasteiger partial charge >= 0.3 is 29.9 Å². The van der Waals surface area contributed by atoms with Crippen LogP contribution in [0.15, 0.2) is 24.3 Å². The molecule has 1 aromatic rings. The molecule has 0 aliphatic carbocycles. The maximum atomic E-state index is 13.3. The summed E-state index contributed by atoms with van der Waals surface area (Å²) in [7, 11) is 0. The summed E-state index contributed by atoms with van der Waals surface area (Å²) >= 11 is 0. The number of alkyl halides is 11. The highest BCUT2D eigenvalue weighted by atomic mass is 19.4. The van der Waals surface area contributed by atoms with Gasteiger partial charge in [-0.15, -0.1) is 0 Å². The van der Waals surface area contributed by atoms with Gasteiger partial charge in [-0.2, -0.15) is 48.3 Å². The molecule has 0 saturated carbocycles. The SMILES string of the molecule is Oc1ccc(OCC(F)(F)C(F)(F)C(F)(F)C(F)(F)C(F)(F)F)cc1. The normalized spacial score (nSPS) is 14.5. The molecule has 0 aliphatic heterocycles.